The topological polar surface area (TPSA) is 56.1 Å². The van der Waals surface area contributed by atoms with Crippen molar-refractivity contribution in [1.29, 1.82) is 0 Å². The van der Waals surface area contributed by atoms with E-state index in [0.717, 1.165) is 19.3 Å². The molecule has 26 heavy (non-hydrogen) atoms. The van der Waals surface area contributed by atoms with Crippen molar-refractivity contribution in [2.75, 3.05) is 5.32 Å². The fourth-order valence-electron chi connectivity index (χ4n) is 3.43. The predicted octanol–water partition coefficient (Wildman–Crippen LogP) is 3.99. The van der Waals surface area contributed by atoms with E-state index in [9.17, 15) is 9.18 Å². The van der Waals surface area contributed by atoms with E-state index in [2.05, 4.69) is 17.3 Å². The van der Waals surface area contributed by atoms with Crippen LogP contribution < -0.4 is 5.32 Å². The van der Waals surface area contributed by atoms with Crippen molar-refractivity contribution in [3.63, 3.8) is 0 Å². The van der Waals surface area contributed by atoms with Gasteiger partial charge < -0.3 is 10.1 Å². The fraction of sp³-hybridized carbons (Fsp3) is 0.500. The number of halogens is 1. The Morgan fingerprint density at radius 3 is 2.96 bits per heavy atom. The minimum absolute atomic E-state index is 0.142. The summed E-state index contributed by atoms with van der Waals surface area (Å²) >= 11 is 0. The van der Waals surface area contributed by atoms with Crippen LogP contribution in [0.2, 0.25) is 0 Å². The molecular formula is C20H26FN3O2. The molecule has 0 aliphatic heterocycles. The second kappa shape index (κ2) is 8.45. The summed E-state index contributed by atoms with van der Waals surface area (Å²) in [6, 6.07) is 8.25. The van der Waals surface area contributed by atoms with Crippen molar-refractivity contribution in [3.05, 3.63) is 47.9 Å². The van der Waals surface area contributed by atoms with Gasteiger partial charge in [-0.2, -0.15) is 5.10 Å². The summed E-state index contributed by atoms with van der Waals surface area (Å²) < 4.78 is 21.4. The number of carbonyl (C=O) groups is 1. The molecule has 1 saturated carbocycles. The molecule has 0 bridgehead atoms. The third kappa shape index (κ3) is 4.69. The van der Waals surface area contributed by atoms with Crippen LogP contribution in [0.5, 0.6) is 0 Å². The van der Waals surface area contributed by atoms with Gasteiger partial charge in [-0.05, 0) is 31.7 Å². The van der Waals surface area contributed by atoms with Crippen LogP contribution in [-0.4, -0.2) is 27.9 Å². The van der Waals surface area contributed by atoms with Crippen molar-refractivity contribution in [1.82, 2.24) is 9.78 Å². The lowest BCUT2D eigenvalue weighted by Gasteiger charge is -2.29. The monoisotopic (exact) mass is 359 g/mol. The van der Waals surface area contributed by atoms with Gasteiger partial charge in [-0.3, -0.25) is 4.79 Å². The van der Waals surface area contributed by atoms with Crippen molar-refractivity contribution < 1.29 is 13.9 Å². The number of benzene rings is 1. The van der Waals surface area contributed by atoms with E-state index in [1.807, 2.05) is 0 Å². The third-order valence-corrected chi connectivity index (χ3v) is 4.90. The Morgan fingerprint density at radius 1 is 1.38 bits per heavy atom. The summed E-state index contributed by atoms with van der Waals surface area (Å²) in [5, 5.41) is 7.03. The van der Waals surface area contributed by atoms with Gasteiger partial charge in [0.2, 0.25) is 0 Å². The lowest BCUT2D eigenvalue weighted by Crippen LogP contribution is -2.34. The van der Waals surface area contributed by atoms with E-state index in [1.54, 1.807) is 42.1 Å². The van der Waals surface area contributed by atoms with E-state index < -0.39 is 6.10 Å². The highest BCUT2D eigenvalue weighted by Gasteiger charge is 2.24. The molecule has 0 spiro atoms. The molecule has 1 aromatic heterocycles. The molecule has 0 radical (unpaired) electrons. The molecule has 3 atom stereocenters. The Hall–Kier alpha value is -2.21. The lowest BCUT2D eigenvalue weighted by molar-refractivity contribution is -0.131. The van der Waals surface area contributed by atoms with E-state index in [1.165, 1.54) is 12.5 Å². The van der Waals surface area contributed by atoms with Crippen LogP contribution in [0.4, 0.5) is 10.2 Å². The molecule has 0 saturated heterocycles. The van der Waals surface area contributed by atoms with Crippen LogP contribution in [0.3, 0.4) is 0 Å². The number of hydrogen-bond acceptors (Lipinski definition) is 3. The summed E-state index contributed by atoms with van der Waals surface area (Å²) in [6.45, 7) is 4.25. The Balaban J connectivity index is 1.59. The maximum Gasteiger partial charge on any atom is 0.254 e. The van der Waals surface area contributed by atoms with Crippen LogP contribution >= 0.6 is 0 Å². The maximum absolute atomic E-state index is 13.8. The molecule has 140 valence electrons. The number of nitrogens with one attached hydrogen (secondary N) is 1. The fourth-order valence-corrected chi connectivity index (χ4v) is 3.43. The number of ether oxygens (including phenoxy) is 1. The first kappa shape index (κ1) is 18.6. The van der Waals surface area contributed by atoms with Crippen LogP contribution in [0.25, 0.3) is 0 Å². The SMILES string of the molecule is C[C@@H]1CCC[C@@H](O[C@H](C)C(=O)Nc2ccnn2Cc2ccccc2F)C1. The van der Waals surface area contributed by atoms with Gasteiger partial charge in [0.25, 0.3) is 5.91 Å². The number of hydrogen-bond donors (Lipinski definition) is 1. The quantitative estimate of drug-likeness (QED) is 0.848. The van der Waals surface area contributed by atoms with E-state index in [0.29, 0.717) is 17.3 Å². The van der Waals surface area contributed by atoms with Gasteiger partial charge in [0.05, 0.1) is 18.8 Å². The second-order valence-corrected chi connectivity index (χ2v) is 7.13. The highest BCUT2D eigenvalue weighted by atomic mass is 19.1. The molecule has 6 heteroatoms. The van der Waals surface area contributed by atoms with E-state index in [-0.39, 0.29) is 24.4 Å². The Labute approximate surface area is 153 Å². The first-order valence-corrected chi connectivity index (χ1v) is 9.24. The standard InChI is InChI=1S/C20H26FN3O2/c1-14-6-5-8-17(12-14)26-15(2)20(25)23-19-10-11-22-24(19)13-16-7-3-4-9-18(16)21/h3-4,7,9-11,14-15,17H,5-6,8,12-13H2,1-2H3,(H,23,25)/t14-,15-,17-/m1/s1. The van der Waals surface area contributed by atoms with Crippen LogP contribution in [0, 0.1) is 11.7 Å². The summed E-state index contributed by atoms with van der Waals surface area (Å²) in [5.74, 6) is 0.679. The lowest BCUT2D eigenvalue weighted by atomic mass is 9.88. The summed E-state index contributed by atoms with van der Waals surface area (Å²) in [5.41, 5.74) is 0.521. The molecule has 1 N–H and O–H groups in total. The zero-order valence-electron chi connectivity index (χ0n) is 15.3. The Morgan fingerprint density at radius 2 is 2.19 bits per heavy atom. The molecule has 1 aromatic carbocycles. The van der Waals surface area contributed by atoms with Crippen molar-refractivity contribution in [3.8, 4) is 0 Å². The zero-order chi connectivity index (χ0) is 18.5. The molecule has 5 nitrogen and oxygen atoms in total. The molecule has 1 aliphatic carbocycles. The summed E-state index contributed by atoms with van der Waals surface area (Å²) in [7, 11) is 0. The van der Waals surface area contributed by atoms with Gasteiger partial charge in [-0.15, -0.1) is 0 Å². The van der Waals surface area contributed by atoms with Crippen molar-refractivity contribution >= 4 is 11.7 Å². The van der Waals surface area contributed by atoms with Crippen molar-refractivity contribution in [2.45, 2.75) is 58.3 Å². The van der Waals surface area contributed by atoms with Crippen LogP contribution in [0.15, 0.2) is 36.5 Å². The Bertz CT molecular complexity index is 746. The van der Waals surface area contributed by atoms with Gasteiger partial charge in [0.1, 0.15) is 17.7 Å². The number of nitrogens with zero attached hydrogens (tertiary/aromatic N) is 2. The van der Waals surface area contributed by atoms with Gasteiger partial charge >= 0.3 is 0 Å². The number of aromatic nitrogens is 2. The smallest absolute Gasteiger partial charge is 0.254 e. The minimum Gasteiger partial charge on any atom is -0.365 e. The molecule has 2 aromatic rings. The average molecular weight is 359 g/mol. The molecular weight excluding hydrogens is 333 g/mol. The second-order valence-electron chi connectivity index (χ2n) is 7.13. The minimum atomic E-state index is -0.540. The van der Waals surface area contributed by atoms with Gasteiger partial charge in [-0.1, -0.05) is 38.0 Å². The first-order valence-electron chi connectivity index (χ1n) is 9.24. The largest absolute Gasteiger partial charge is 0.365 e. The summed E-state index contributed by atoms with van der Waals surface area (Å²) in [6.07, 6.45) is 5.58. The Kier molecular flexibility index (Phi) is 6.04. The van der Waals surface area contributed by atoms with Crippen molar-refractivity contribution in [2.24, 2.45) is 5.92 Å². The first-order chi connectivity index (χ1) is 12.5. The van der Waals surface area contributed by atoms with Gasteiger partial charge in [0.15, 0.2) is 0 Å². The molecule has 0 unspecified atom stereocenters. The van der Waals surface area contributed by atoms with Crippen LogP contribution in [-0.2, 0) is 16.1 Å². The van der Waals surface area contributed by atoms with E-state index >= 15 is 0 Å². The van der Waals surface area contributed by atoms with Crippen LogP contribution in [0.1, 0.15) is 45.1 Å². The molecule has 1 amide bonds. The maximum atomic E-state index is 13.8. The normalized spacial score (nSPS) is 21.3. The zero-order valence-corrected chi connectivity index (χ0v) is 15.3. The highest BCUT2D eigenvalue weighted by Crippen LogP contribution is 2.26. The molecule has 3 rings (SSSR count). The number of anilines is 1. The summed E-state index contributed by atoms with van der Waals surface area (Å²) in [4.78, 5) is 12.5. The third-order valence-electron chi connectivity index (χ3n) is 4.90. The van der Waals surface area contributed by atoms with Gasteiger partial charge in [-0.25, -0.2) is 9.07 Å². The van der Waals surface area contributed by atoms with Gasteiger partial charge in [0, 0.05) is 11.6 Å². The van der Waals surface area contributed by atoms with E-state index in [4.69, 9.17) is 4.74 Å². The average Bonchev–Trinajstić information content (AvgIpc) is 3.03. The molecule has 1 heterocycles. The molecule has 1 fully saturated rings. The molecule has 1 aliphatic rings. The number of amides is 1. The number of rotatable bonds is 6. The highest BCUT2D eigenvalue weighted by molar-refractivity contribution is 5.93. The predicted molar refractivity (Wildman–Crippen MR) is 98.3 cm³/mol. The number of carbonyl (C=O) groups excluding carboxylic acids is 1.